The number of Topliss-reactive ketones (excluding diaryl/α,β-unsaturated/α-hetero) is 1. The van der Waals surface area contributed by atoms with Crippen LogP contribution in [0.4, 0.5) is 0 Å². The smallest absolute Gasteiger partial charge is 0.155 e. The lowest BCUT2D eigenvalue weighted by Gasteiger charge is -2.34. The number of carbonyl (C=O) groups is 2. The summed E-state index contributed by atoms with van der Waals surface area (Å²) < 4.78 is 0. The SMILES string of the molecule is CC(=O)[C@H]1SC[C@@](O)(c2ccccc2)[C@@H]1C1=CC(=O)CCC1. The number of allylic oxidation sites excluding steroid dienone is 1. The fourth-order valence-corrected chi connectivity index (χ4v) is 5.17. The Morgan fingerprint density at radius 1 is 1.27 bits per heavy atom. The summed E-state index contributed by atoms with van der Waals surface area (Å²) in [5.41, 5.74) is 0.689. The molecule has 3 rings (SSSR count). The van der Waals surface area contributed by atoms with Crippen LogP contribution in [-0.4, -0.2) is 27.7 Å². The van der Waals surface area contributed by atoms with Crippen LogP contribution in [0.5, 0.6) is 0 Å². The zero-order chi connectivity index (χ0) is 15.7. The molecule has 0 aromatic heterocycles. The Morgan fingerprint density at radius 3 is 2.64 bits per heavy atom. The van der Waals surface area contributed by atoms with Gasteiger partial charge in [-0.2, -0.15) is 0 Å². The molecule has 0 saturated carbocycles. The van der Waals surface area contributed by atoms with Gasteiger partial charge in [0, 0.05) is 18.1 Å². The van der Waals surface area contributed by atoms with Crippen LogP contribution in [0, 0.1) is 5.92 Å². The highest BCUT2D eigenvalue weighted by atomic mass is 32.2. The molecule has 0 spiro atoms. The summed E-state index contributed by atoms with van der Waals surface area (Å²) in [6, 6.07) is 9.52. The first-order chi connectivity index (χ1) is 10.5. The predicted molar refractivity (Wildman–Crippen MR) is 87.7 cm³/mol. The summed E-state index contributed by atoms with van der Waals surface area (Å²) in [6.07, 6.45) is 3.83. The maximum Gasteiger partial charge on any atom is 0.155 e. The molecule has 0 bridgehead atoms. The zero-order valence-corrected chi connectivity index (χ0v) is 13.4. The van der Waals surface area contributed by atoms with Gasteiger partial charge < -0.3 is 5.11 Å². The summed E-state index contributed by atoms with van der Waals surface area (Å²) >= 11 is 1.50. The fourth-order valence-electron chi connectivity index (χ4n) is 3.56. The summed E-state index contributed by atoms with van der Waals surface area (Å²) in [5.74, 6) is 0.357. The molecule has 1 aliphatic carbocycles. The van der Waals surface area contributed by atoms with Crippen LogP contribution < -0.4 is 0 Å². The first kappa shape index (κ1) is 15.5. The van der Waals surface area contributed by atoms with Crippen molar-refractivity contribution in [2.24, 2.45) is 5.92 Å². The van der Waals surface area contributed by atoms with Gasteiger partial charge in [0.25, 0.3) is 0 Å². The van der Waals surface area contributed by atoms with E-state index < -0.39 is 5.60 Å². The molecule has 0 unspecified atom stereocenters. The van der Waals surface area contributed by atoms with E-state index in [1.54, 1.807) is 13.0 Å². The Labute approximate surface area is 134 Å². The highest BCUT2D eigenvalue weighted by molar-refractivity contribution is 8.01. The standard InChI is InChI=1S/C18H20O3S/c1-12(19)17-16(13-6-5-9-15(20)10-13)18(21,11-22-17)14-7-3-2-4-8-14/h2-4,7-8,10,16-17,21H,5-6,9,11H2,1H3/t16-,17-,18-/m1/s1. The van der Waals surface area contributed by atoms with Gasteiger partial charge in [0.15, 0.2) is 5.78 Å². The fraction of sp³-hybridized carbons (Fsp3) is 0.444. The van der Waals surface area contributed by atoms with Gasteiger partial charge in [-0.15, -0.1) is 11.8 Å². The van der Waals surface area contributed by atoms with E-state index in [0.29, 0.717) is 12.2 Å². The number of rotatable bonds is 3. The Hall–Kier alpha value is -1.39. The van der Waals surface area contributed by atoms with Crippen molar-refractivity contribution in [3.8, 4) is 0 Å². The number of carbonyl (C=O) groups excluding carboxylic acids is 2. The van der Waals surface area contributed by atoms with Crippen LogP contribution in [0.3, 0.4) is 0 Å². The second-order valence-corrected chi connectivity index (χ2v) is 7.28. The average Bonchev–Trinajstić information content (AvgIpc) is 2.87. The third-order valence-electron chi connectivity index (χ3n) is 4.61. The largest absolute Gasteiger partial charge is 0.384 e. The molecule has 1 saturated heterocycles. The van der Waals surface area contributed by atoms with Crippen molar-refractivity contribution in [2.45, 2.75) is 37.0 Å². The zero-order valence-electron chi connectivity index (χ0n) is 12.6. The Balaban J connectivity index is 2.06. The summed E-state index contributed by atoms with van der Waals surface area (Å²) in [5, 5.41) is 11.1. The Morgan fingerprint density at radius 2 is 2.00 bits per heavy atom. The number of hydrogen-bond acceptors (Lipinski definition) is 4. The Kier molecular flexibility index (Phi) is 4.24. The molecule has 1 aliphatic heterocycles. The highest BCUT2D eigenvalue weighted by Gasteiger charge is 2.52. The molecule has 1 heterocycles. The van der Waals surface area contributed by atoms with Crippen LogP contribution in [0.1, 0.15) is 31.7 Å². The van der Waals surface area contributed by atoms with E-state index in [1.165, 1.54) is 11.8 Å². The highest BCUT2D eigenvalue weighted by Crippen LogP contribution is 2.51. The maximum atomic E-state index is 12.1. The minimum absolute atomic E-state index is 0.0702. The molecule has 116 valence electrons. The lowest BCUT2D eigenvalue weighted by Crippen LogP contribution is -2.40. The summed E-state index contributed by atoms with van der Waals surface area (Å²) in [7, 11) is 0. The van der Waals surface area contributed by atoms with Crippen LogP contribution in [0.15, 0.2) is 42.0 Å². The number of hydrogen-bond donors (Lipinski definition) is 1. The third kappa shape index (κ3) is 2.66. The first-order valence-corrected chi connectivity index (χ1v) is 8.70. The van der Waals surface area contributed by atoms with Crippen molar-refractivity contribution in [3.63, 3.8) is 0 Å². The van der Waals surface area contributed by atoms with Gasteiger partial charge in [-0.05, 0) is 31.4 Å². The van der Waals surface area contributed by atoms with E-state index in [2.05, 4.69) is 0 Å². The van der Waals surface area contributed by atoms with E-state index >= 15 is 0 Å². The van der Waals surface area contributed by atoms with Crippen molar-refractivity contribution in [1.82, 2.24) is 0 Å². The maximum absolute atomic E-state index is 12.1. The molecule has 4 heteroatoms. The van der Waals surface area contributed by atoms with Gasteiger partial charge in [-0.1, -0.05) is 35.9 Å². The van der Waals surface area contributed by atoms with Crippen LogP contribution in [0.25, 0.3) is 0 Å². The van der Waals surface area contributed by atoms with Gasteiger partial charge in [0.05, 0.1) is 5.25 Å². The molecule has 0 amide bonds. The van der Waals surface area contributed by atoms with Gasteiger partial charge in [0.2, 0.25) is 0 Å². The van der Waals surface area contributed by atoms with Crippen molar-refractivity contribution >= 4 is 23.3 Å². The van der Waals surface area contributed by atoms with Gasteiger partial charge in [0.1, 0.15) is 11.4 Å². The quantitative estimate of drug-likeness (QED) is 0.931. The Bertz CT molecular complexity index is 622. The van der Waals surface area contributed by atoms with Crippen molar-refractivity contribution < 1.29 is 14.7 Å². The first-order valence-electron chi connectivity index (χ1n) is 7.65. The van der Waals surface area contributed by atoms with Crippen molar-refractivity contribution in [1.29, 1.82) is 0 Å². The van der Waals surface area contributed by atoms with Gasteiger partial charge in [-0.3, -0.25) is 9.59 Å². The number of aliphatic hydroxyl groups is 1. The van der Waals surface area contributed by atoms with Crippen LogP contribution >= 0.6 is 11.8 Å². The number of ketones is 2. The number of benzene rings is 1. The van der Waals surface area contributed by atoms with E-state index in [9.17, 15) is 14.7 Å². The molecule has 3 nitrogen and oxygen atoms in total. The predicted octanol–water partition coefficient (Wildman–Crippen LogP) is 2.87. The van der Waals surface area contributed by atoms with E-state index in [1.807, 2.05) is 30.3 Å². The van der Waals surface area contributed by atoms with Gasteiger partial charge >= 0.3 is 0 Å². The lowest BCUT2D eigenvalue weighted by molar-refractivity contribution is -0.119. The monoisotopic (exact) mass is 316 g/mol. The molecule has 3 atom stereocenters. The molecule has 0 radical (unpaired) electrons. The molecule has 1 aromatic carbocycles. The number of thioether (sulfide) groups is 1. The molecular formula is C18H20O3S. The normalized spacial score (nSPS) is 31.9. The molecule has 2 aliphatic rings. The molecule has 1 fully saturated rings. The topological polar surface area (TPSA) is 54.4 Å². The van der Waals surface area contributed by atoms with Crippen LogP contribution in [-0.2, 0) is 15.2 Å². The summed E-state index contributed by atoms with van der Waals surface area (Å²) in [6.45, 7) is 1.58. The molecular weight excluding hydrogens is 296 g/mol. The molecule has 1 aromatic rings. The van der Waals surface area contributed by atoms with E-state index in [0.717, 1.165) is 24.0 Å². The van der Waals surface area contributed by atoms with Gasteiger partial charge in [-0.25, -0.2) is 0 Å². The summed E-state index contributed by atoms with van der Waals surface area (Å²) in [4.78, 5) is 23.9. The lowest BCUT2D eigenvalue weighted by atomic mass is 9.73. The second kappa shape index (κ2) is 6.01. The molecule has 22 heavy (non-hydrogen) atoms. The third-order valence-corrected chi connectivity index (χ3v) is 6.18. The minimum atomic E-state index is -1.08. The second-order valence-electron chi connectivity index (χ2n) is 6.15. The van der Waals surface area contributed by atoms with Crippen molar-refractivity contribution in [2.75, 3.05) is 5.75 Å². The molecule has 1 N–H and O–H groups in total. The van der Waals surface area contributed by atoms with Crippen LogP contribution in [0.2, 0.25) is 0 Å². The van der Waals surface area contributed by atoms with Crippen molar-refractivity contribution in [3.05, 3.63) is 47.5 Å². The average molecular weight is 316 g/mol. The van der Waals surface area contributed by atoms with E-state index in [-0.39, 0.29) is 22.7 Å². The minimum Gasteiger partial charge on any atom is -0.384 e. The van der Waals surface area contributed by atoms with E-state index in [4.69, 9.17) is 0 Å².